The summed E-state index contributed by atoms with van der Waals surface area (Å²) in [6.07, 6.45) is 1.06. The molecule has 1 aromatic rings. The molecule has 0 N–H and O–H groups in total. The molecule has 2 aliphatic rings. The summed E-state index contributed by atoms with van der Waals surface area (Å²) in [6.45, 7) is 5.29. The maximum atomic E-state index is 11.1. The summed E-state index contributed by atoms with van der Waals surface area (Å²) in [5.74, 6) is 1.11. The summed E-state index contributed by atoms with van der Waals surface area (Å²) in [5.41, 5.74) is 1.98. The fourth-order valence-corrected chi connectivity index (χ4v) is 4.51. The predicted octanol–water partition coefficient (Wildman–Crippen LogP) is 2.61. The third-order valence-electron chi connectivity index (χ3n) is 4.30. The van der Waals surface area contributed by atoms with Gasteiger partial charge in [-0.1, -0.05) is 12.1 Å². The first-order valence-corrected chi connectivity index (χ1v) is 8.37. The van der Waals surface area contributed by atoms with Crippen LogP contribution in [-0.4, -0.2) is 46.6 Å². The lowest BCUT2D eigenvalue weighted by Gasteiger charge is -2.43. The van der Waals surface area contributed by atoms with E-state index in [2.05, 4.69) is 4.90 Å². The number of aryl methyl sites for hydroxylation is 1. The zero-order chi connectivity index (χ0) is 14.8. The highest BCUT2D eigenvalue weighted by Crippen LogP contribution is 2.31. The summed E-state index contributed by atoms with van der Waals surface area (Å²) < 4.78 is 5.57. The maximum absolute atomic E-state index is 11.1. The smallest absolute Gasteiger partial charge is 0.272 e. The largest absolute Gasteiger partial charge is 0.380 e. The second-order valence-corrected chi connectivity index (χ2v) is 7.04. The molecule has 0 aromatic heterocycles. The molecular weight excluding hydrogens is 288 g/mol. The molecule has 0 amide bonds. The average molecular weight is 308 g/mol. The Morgan fingerprint density at radius 1 is 1.52 bits per heavy atom. The first kappa shape index (κ1) is 14.8. The van der Waals surface area contributed by atoms with Crippen LogP contribution in [0.1, 0.15) is 17.5 Å². The van der Waals surface area contributed by atoms with Crippen molar-refractivity contribution in [3.8, 4) is 0 Å². The average Bonchev–Trinajstić information content (AvgIpc) is 2.49. The number of fused-ring (bicyclic) bond motifs is 1. The van der Waals surface area contributed by atoms with Crippen molar-refractivity contribution in [3.05, 3.63) is 39.4 Å². The van der Waals surface area contributed by atoms with E-state index in [0.29, 0.717) is 11.3 Å². The maximum Gasteiger partial charge on any atom is 0.272 e. The van der Waals surface area contributed by atoms with Gasteiger partial charge in [-0.3, -0.25) is 15.0 Å². The van der Waals surface area contributed by atoms with E-state index in [1.54, 1.807) is 13.0 Å². The molecule has 2 heterocycles. The van der Waals surface area contributed by atoms with E-state index in [9.17, 15) is 10.1 Å². The van der Waals surface area contributed by atoms with Gasteiger partial charge in [0.25, 0.3) is 5.69 Å². The number of ether oxygens (including phenoxy) is 1. The lowest BCUT2D eigenvalue weighted by Crippen LogP contribution is -2.51. The molecule has 0 aliphatic carbocycles. The number of benzene rings is 1. The molecule has 2 atom stereocenters. The van der Waals surface area contributed by atoms with Crippen molar-refractivity contribution in [3.63, 3.8) is 0 Å². The summed E-state index contributed by atoms with van der Waals surface area (Å²) in [4.78, 5) is 13.2. The fraction of sp³-hybridized carbons (Fsp3) is 0.600. The van der Waals surface area contributed by atoms with Crippen LogP contribution in [0, 0.1) is 17.0 Å². The van der Waals surface area contributed by atoms with Crippen LogP contribution in [0.3, 0.4) is 0 Å². The van der Waals surface area contributed by atoms with Crippen molar-refractivity contribution in [2.45, 2.75) is 31.2 Å². The zero-order valence-electron chi connectivity index (χ0n) is 12.2. The number of rotatable bonds is 3. The molecule has 21 heavy (non-hydrogen) atoms. The van der Waals surface area contributed by atoms with E-state index in [1.807, 2.05) is 23.9 Å². The molecule has 0 spiro atoms. The standard InChI is InChI=1S/C15H20N2O3S/c1-11-2-3-12(8-14(11)17(18)19)9-16-5-7-21-15-10-20-6-4-13(15)16/h2-3,8,13,15H,4-7,9-10H2,1H3/t13-,15-/m1/s1. The van der Waals surface area contributed by atoms with Crippen LogP contribution in [0.2, 0.25) is 0 Å². The van der Waals surface area contributed by atoms with Gasteiger partial charge in [0.05, 0.1) is 11.5 Å². The van der Waals surface area contributed by atoms with Crippen molar-refractivity contribution < 1.29 is 9.66 Å². The molecule has 0 saturated carbocycles. The first-order chi connectivity index (χ1) is 10.1. The zero-order valence-corrected chi connectivity index (χ0v) is 13.0. The first-order valence-electron chi connectivity index (χ1n) is 7.32. The highest BCUT2D eigenvalue weighted by molar-refractivity contribution is 8.00. The van der Waals surface area contributed by atoms with Crippen LogP contribution in [0.25, 0.3) is 0 Å². The molecule has 2 aliphatic heterocycles. The Kier molecular flexibility index (Phi) is 4.47. The molecule has 114 valence electrons. The Bertz CT molecular complexity index is 536. The van der Waals surface area contributed by atoms with E-state index in [0.717, 1.165) is 49.6 Å². The summed E-state index contributed by atoms with van der Waals surface area (Å²) in [6, 6.07) is 6.13. The molecular formula is C15H20N2O3S. The number of thioether (sulfide) groups is 1. The van der Waals surface area contributed by atoms with Crippen molar-refractivity contribution in [2.24, 2.45) is 0 Å². The monoisotopic (exact) mass is 308 g/mol. The van der Waals surface area contributed by atoms with Crippen LogP contribution in [0.4, 0.5) is 5.69 Å². The Morgan fingerprint density at radius 3 is 3.19 bits per heavy atom. The number of hydrogen-bond acceptors (Lipinski definition) is 5. The van der Waals surface area contributed by atoms with Crippen molar-refractivity contribution in [1.82, 2.24) is 4.90 Å². The van der Waals surface area contributed by atoms with Gasteiger partial charge in [-0.2, -0.15) is 11.8 Å². The highest BCUT2D eigenvalue weighted by atomic mass is 32.2. The summed E-state index contributed by atoms with van der Waals surface area (Å²) >= 11 is 2.00. The van der Waals surface area contributed by atoms with E-state index < -0.39 is 0 Å². The van der Waals surface area contributed by atoms with Crippen molar-refractivity contribution >= 4 is 17.4 Å². The van der Waals surface area contributed by atoms with Gasteiger partial charge in [-0.15, -0.1) is 0 Å². The number of nitro groups is 1. The van der Waals surface area contributed by atoms with Crippen molar-refractivity contribution in [1.29, 1.82) is 0 Å². The molecule has 2 saturated heterocycles. The lowest BCUT2D eigenvalue weighted by atomic mass is 10.0. The Labute approximate surface area is 128 Å². The molecule has 0 radical (unpaired) electrons. The number of hydrogen-bond donors (Lipinski definition) is 0. The SMILES string of the molecule is Cc1ccc(CN2CCS[C@@H]3COCC[C@H]32)cc1[N+](=O)[O-]. The van der Waals surface area contributed by atoms with Gasteiger partial charge in [0.2, 0.25) is 0 Å². The molecule has 2 fully saturated rings. The van der Waals surface area contributed by atoms with Gasteiger partial charge in [0, 0.05) is 48.4 Å². The molecule has 1 aromatic carbocycles. The van der Waals surface area contributed by atoms with Crippen LogP contribution in [0.5, 0.6) is 0 Å². The van der Waals surface area contributed by atoms with E-state index in [1.165, 1.54) is 0 Å². The number of nitro benzene ring substituents is 1. The molecule has 5 nitrogen and oxygen atoms in total. The Balaban J connectivity index is 1.76. The molecule has 0 unspecified atom stereocenters. The van der Waals surface area contributed by atoms with Crippen LogP contribution in [0.15, 0.2) is 18.2 Å². The van der Waals surface area contributed by atoms with Gasteiger partial charge in [0.1, 0.15) is 0 Å². The minimum atomic E-state index is -0.290. The lowest BCUT2D eigenvalue weighted by molar-refractivity contribution is -0.385. The van der Waals surface area contributed by atoms with Crippen LogP contribution >= 0.6 is 11.8 Å². The third kappa shape index (κ3) is 3.22. The second-order valence-electron chi connectivity index (χ2n) is 5.69. The van der Waals surface area contributed by atoms with Gasteiger partial charge >= 0.3 is 0 Å². The van der Waals surface area contributed by atoms with Crippen LogP contribution < -0.4 is 0 Å². The summed E-state index contributed by atoms with van der Waals surface area (Å²) in [5, 5.41) is 11.6. The number of nitrogens with zero attached hydrogens (tertiary/aromatic N) is 2. The quantitative estimate of drug-likeness (QED) is 0.634. The van der Waals surface area contributed by atoms with Gasteiger partial charge in [0.15, 0.2) is 0 Å². The van der Waals surface area contributed by atoms with Crippen LogP contribution in [-0.2, 0) is 11.3 Å². The summed E-state index contributed by atoms with van der Waals surface area (Å²) in [7, 11) is 0. The van der Waals surface area contributed by atoms with Gasteiger partial charge in [-0.05, 0) is 18.9 Å². The van der Waals surface area contributed by atoms with E-state index >= 15 is 0 Å². The normalized spacial score (nSPS) is 26.3. The van der Waals surface area contributed by atoms with Gasteiger partial charge < -0.3 is 4.74 Å². The Hall–Kier alpha value is -1.11. The third-order valence-corrected chi connectivity index (χ3v) is 5.60. The molecule has 3 rings (SSSR count). The fourth-order valence-electron chi connectivity index (χ4n) is 3.15. The van der Waals surface area contributed by atoms with E-state index in [-0.39, 0.29) is 10.6 Å². The highest BCUT2D eigenvalue weighted by Gasteiger charge is 2.34. The van der Waals surface area contributed by atoms with Crippen molar-refractivity contribution in [2.75, 3.05) is 25.5 Å². The predicted molar refractivity (Wildman–Crippen MR) is 83.7 cm³/mol. The topological polar surface area (TPSA) is 55.6 Å². The van der Waals surface area contributed by atoms with Gasteiger partial charge in [-0.25, -0.2) is 0 Å². The molecule has 0 bridgehead atoms. The minimum Gasteiger partial charge on any atom is -0.380 e. The minimum absolute atomic E-state index is 0.224. The Morgan fingerprint density at radius 2 is 2.38 bits per heavy atom. The molecule has 6 heteroatoms. The second kappa shape index (κ2) is 6.34. The van der Waals surface area contributed by atoms with E-state index in [4.69, 9.17) is 4.74 Å².